The summed E-state index contributed by atoms with van der Waals surface area (Å²) in [5.41, 5.74) is -3.15. The number of carboxylic acids is 1. The van der Waals surface area contributed by atoms with Gasteiger partial charge in [-0.1, -0.05) is 0 Å². The van der Waals surface area contributed by atoms with Gasteiger partial charge < -0.3 is 10.1 Å². The molecule has 0 amide bonds. The van der Waals surface area contributed by atoms with Crippen molar-refractivity contribution in [2.45, 2.75) is 29.5 Å². The molecule has 0 aliphatic heterocycles. The normalized spacial score (nSPS) is 18.3. The molecule has 106 valence electrons. The van der Waals surface area contributed by atoms with Crippen molar-refractivity contribution in [1.29, 1.82) is 0 Å². The maximum atomic E-state index is 12.7. The van der Waals surface area contributed by atoms with Gasteiger partial charge in [0.05, 0.1) is 0 Å². The second-order valence-corrected chi connectivity index (χ2v) is 5.86. The third kappa shape index (κ3) is 2.32. The molecule has 1 saturated carbocycles. The van der Waals surface area contributed by atoms with Crippen LogP contribution in [0.5, 0.6) is 0 Å². The summed E-state index contributed by atoms with van der Waals surface area (Å²) in [6, 6.07) is 0.901. The molecule has 6 nitrogen and oxygen atoms in total. The van der Waals surface area contributed by atoms with Gasteiger partial charge in [0.2, 0.25) is 10.0 Å². The lowest BCUT2D eigenvalue weighted by Crippen LogP contribution is -2.47. The van der Waals surface area contributed by atoms with Crippen LogP contribution >= 0.6 is 0 Å². The molecule has 1 aliphatic rings. The fourth-order valence-corrected chi connectivity index (χ4v) is 3.23. The number of hydrogen-bond donors (Lipinski definition) is 3. The van der Waals surface area contributed by atoms with Crippen LogP contribution in [0.1, 0.15) is 23.3 Å². The zero-order valence-corrected chi connectivity index (χ0v) is 10.1. The zero-order valence-electron chi connectivity index (χ0n) is 9.28. The molecule has 0 saturated heterocycles. The third-order valence-electron chi connectivity index (χ3n) is 2.83. The van der Waals surface area contributed by atoms with Crippen LogP contribution < -0.4 is 4.72 Å². The number of nitrogens with one attached hydrogen (secondary N) is 2. The number of aromatic amines is 1. The SMILES string of the molecule is O=C(O)c1[nH]ccc1S(=O)(=O)NC1(C(F)(F)F)CC1. The number of carbonyl (C=O) groups is 1. The minimum absolute atomic E-state index is 0.359. The maximum absolute atomic E-state index is 12.7. The Labute approximate surface area is 105 Å². The highest BCUT2D eigenvalue weighted by molar-refractivity contribution is 7.89. The highest BCUT2D eigenvalue weighted by Crippen LogP contribution is 2.49. The number of carboxylic acid groups (broad SMARTS) is 1. The number of sulfonamides is 1. The fraction of sp³-hybridized carbons (Fsp3) is 0.444. The molecule has 1 aromatic heterocycles. The molecule has 1 aliphatic carbocycles. The van der Waals surface area contributed by atoms with Crippen LogP contribution in [0.3, 0.4) is 0 Å². The minimum atomic E-state index is -4.71. The van der Waals surface area contributed by atoms with E-state index in [2.05, 4.69) is 4.98 Å². The number of aromatic nitrogens is 1. The molecule has 1 fully saturated rings. The Morgan fingerprint density at radius 2 is 2.00 bits per heavy atom. The average molecular weight is 298 g/mol. The van der Waals surface area contributed by atoms with E-state index in [1.807, 2.05) is 0 Å². The van der Waals surface area contributed by atoms with E-state index in [-0.39, 0.29) is 12.8 Å². The van der Waals surface area contributed by atoms with Gasteiger partial charge >= 0.3 is 12.1 Å². The van der Waals surface area contributed by atoms with Gasteiger partial charge in [-0.2, -0.15) is 17.9 Å². The second kappa shape index (κ2) is 3.97. The summed E-state index contributed by atoms with van der Waals surface area (Å²) in [5.74, 6) is -1.57. The first-order valence-electron chi connectivity index (χ1n) is 5.10. The highest BCUT2D eigenvalue weighted by atomic mass is 32.2. The van der Waals surface area contributed by atoms with Gasteiger partial charge in [-0.3, -0.25) is 0 Å². The average Bonchev–Trinajstić information content (AvgIpc) is 2.85. The van der Waals surface area contributed by atoms with Crippen molar-refractivity contribution in [3.05, 3.63) is 18.0 Å². The number of H-pyrrole nitrogens is 1. The summed E-state index contributed by atoms with van der Waals surface area (Å²) in [7, 11) is -4.55. The highest BCUT2D eigenvalue weighted by Gasteiger charge is 2.65. The summed E-state index contributed by atoms with van der Waals surface area (Å²) in [6.45, 7) is 0. The van der Waals surface area contributed by atoms with Crippen LogP contribution in [0, 0.1) is 0 Å². The van der Waals surface area contributed by atoms with Gasteiger partial charge in [-0.05, 0) is 18.9 Å². The summed E-state index contributed by atoms with van der Waals surface area (Å²) in [6.07, 6.45) is -4.39. The number of rotatable bonds is 4. The molecular weight excluding hydrogens is 289 g/mol. The Kier molecular flexibility index (Phi) is 2.90. The smallest absolute Gasteiger partial charge is 0.407 e. The fourth-order valence-electron chi connectivity index (χ4n) is 1.63. The van der Waals surface area contributed by atoms with Crippen molar-refractivity contribution in [3.8, 4) is 0 Å². The van der Waals surface area contributed by atoms with E-state index in [0.29, 0.717) is 0 Å². The molecule has 0 aromatic carbocycles. The lowest BCUT2D eigenvalue weighted by molar-refractivity contribution is -0.160. The number of alkyl halides is 3. The Morgan fingerprint density at radius 1 is 1.42 bits per heavy atom. The van der Waals surface area contributed by atoms with Gasteiger partial charge in [-0.25, -0.2) is 13.2 Å². The van der Waals surface area contributed by atoms with Crippen LogP contribution in [0.15, 0.2) is 17.2 Å². The van der Waals surface area contributed by atoms with Gasteiger partial charge in [0.1, 0.15) is 16.1 Å². The van der Waals surface area contributed by atoms with Gasteiger partial charge in [0.15, 0.2) is 0 Å². The zero-order chi connectivity index (χ0) is 14.5. The van der Waals surface area contributed by atoms with Crippen molar-refractivity contribution in [2.75, 3.05) is 0 Å². The van der Waals surface area contributed by atoms with E-state index in [1.54, 1.807) is 4.72 Å². The first kappa shape index (κ1) is 13.9. The summed E-state index contributed by atoms with van der Waals surface area (Å²) >= 11 is 0. The molecule has 3 N–H and O–H groups in total. The molecule has 2 rings (SSSR count). The van der Waals surface area contributed by atoms with Crippen LogP contribution in [0.25, 0.3) is 0 Å². The van der Waals surface area contributed by atoms with Gasteiger partial charge in [0.25, 0.3) is 0 Å². The lowest BCUT2D eigenvalue weighted by Gasteiger charge is -2.20. The third-order valence-corrected chi connectivity index (χ3v) is 4.41. The van der Waals surface area contributed by atoms with E-state index in [4.69, 9.17) is 5.11 Å². The van der Waals surface area contributed by atoms with Crippen LogP contribution in [0.4, 0.5) is 13.2 Å². The molecular formula is C9H9F3N2O4S. The number of aromatic carboxylic acids is 1. The standard InChI is InChI=1S/C9H9F3N2O4S/c10-9(11,12)8(2-3-8)14-19(17,18)5-1-4-13-6(5)7(15)16/h1,4,13-14H,2-3H2,(H,15,16). The number of halogens is 3. The Balaban J connectivity index is 2.35. The van der Waals surface area contributed by atoms with Crippen molar-refractivity contribution in [2.24, 2.45) is 0 Å². The van der Waals surface area contributed by atoms with Crippen molar-refractivity contribution in [1.82, 2.24) is 9.71 Å². The van der Waals surface area contributed by atoms with E-state index in [1.165, 1.54) is 0 Å². The molecule has 0 unspecified atom stereocenters. The number of hydrogen-bond acceptors (Lipinski definition) is 3. The molecule has 1 aromatic rings. The Bertz CT molecular complexity index is 616. The second-order valence-electron chi connectivity index (χ2n) is 4.21. The first-order valence-corrected chi connectivity index (χ1v) is 6.59. The molecule has 1 heterocycles. The van der Waals surface area contributed by atoms with E-state index >= 15 is 0 Å². The van der Waals surface area contributed by atoms with Crippen molar-refractivity contribution >= 4 is 16.0 Å². The lowest BCUT2D eigenvalue weighted by atomic mass is 10.3. The Morgan fingerprint density at radius 3 is 2.42 bits per heavy atom. The van der Waals surface area contributed by atoms with Crippen molar-refractivity contribution < 1.29 is 31.5 Å². The largest absolute Gasteiger partial charge is 0.477 e. The van der Waals surface area contributed by atoms with E-state index in [0.717, 1.165) is 12.3 Å². The van der Waals surface area contributed by atoms with Crippen LogP contribution in [-0.4, -0.2) is 36.2 Å². The molecule has 0 spiro atoms. The van der Waals surface area contributed by atoms with Crippen molar-refractivity contribution in [3.63, 3.8) is 0 Å². The first-order chi connectivity index (χ1) is 8.59. The van der Waals surface area contributed by atoms with E-state index in [9.17, 15) is 26.4 Å². The Hall–Kier alpha value is -1.55. The maximum Gasteiger partial charge on any atom is 0.407 e. The predicted molar refractivity (Wildman–Crippen MR) is 56.1 cm³/mol. The quantitative estimate of drug-likeness (QED) is 0.774. The summed E-state index contributed by atoms with van der Waals surface area (Å²) in [4.78, 5) is 12.2. The molecule has 10 heteroatoms. The van der Waals surface area contributed by atoms with Gasteiger partial charge in [0, 0.05) is 6.20 Å². The molecule has 0 bridgehead atoms. The monoisotopic (exact) mass is 298 g/mol. The molecule has 0 atom stereocenters. The molecule has 0 radical (unpaired) electrons. The van der Waals surface area contributed by atoms with Gasteiger partial charge in [-0.15, -0.1) is 0 Å². The van der Waals surface area contributed by atoms with E-state index < -0.39 is 38.3 Å². The summed E-state index contributed by atoms with van der Waals surface area (Å²) < 4.78 is 63.2. The minimum Gasteiger partial charge on any atom is -0.477 e. The van der Waals surface area contributed by atoms with Crippen LogP contribution in [-0.2, 0) is 10.0 Å². The molecule has 19 heavy (non-hydrogen) atoms. The predicted octanol–water partition coefficient (Wildman–Crippen LogP) is 1.09. The van der Waals surface area contributed by atoms with Crippen LogP contribution in [0.2, 0.25) is 0 Å². The summed E-state index contributed by atoms with van der Waals surface area (Å²) in [5, 5.41) is 8.75. The topological polar surface area (TPSA) is 99.3 Å².